The van der Waals surface area contributed by atoms with Gasteiger partial charge in [0, 0.05) is 18.1 Å². The van der Waals surface area contributed by atoms with Gasteiger partial charge in [-0.25, -0.2) is 0 Å². The molecule has 0 saturated carbocycles. The summed E-state index contributed by atoms with van der Waals surface area (Å²) in [4.78, 5) is 3.99. The second-order valence-corrected chi connectivity index (χ2v) is 3.03. The normalized spacial score (nSPS) is 12.8. The maximum absolute atomic E-state index is 5.46. The highest BCUT2D eigenvalue weighted by molar-refractivity contribution is 7.80. The van der Waals surface area contributed by atoms with Crippen LogP contribution in [0.1, 0.15) is 12.5 Å². The van der Waals surface area contributed by atoms with Crippen LogP contribution in [0.4, 0.5) is 0 Å². The van der Waals surface area contributed by atoms with Gasteiger partial charge in [0.1, 0.15) is 0 Å². The zero-order valence-corrected chi connectivity index (χ0v) is 8.00. The Morgan fingerprint density at radius 2 is 2.50 bits per heavy atom. The molecule has 0 radical (unpaired) electrons. The fraction of sp³-hybridized carbons (Fsp3) is 0.444. The Bertz CT molecular complexity index is 215. The van der Waals surface area contributed by atoms with Crippen LogP contribution in [-0.4, -0.2) is 16.8 Å². The first-order valence-electron chi connectivity index (χ1n) is 3.94. The van der Waals surface area contributed by atoms with Gasteiger partial charge in [-0.05, 0) is 18.6 Å². The van der Waals surface area contributed by atoms with Gasteiger partial charge in [0.15, 0.2) is 0 Å². The van der Waals surface area contributed by atoms with Gasteiger partial charge < -0.3 is 4.74 Å². The van der Waals surface area contributed by atoms with E-state index < -0.39 is 0 Å². The minimum Gasteiger partial charge on any atom is -0.373 e. The van der Waals surface area contributed by atoms with Gasteiger partial charge in [-0.15, -0.1) is 0 Å². The molecule has 1 aromatic rings. The van der Waals surface area contributed by atoms with E-state index >= 15 is 0 Å². The van der Waals surface area contributed by atoms with Gasteiger partial charge in [-0.1, -0.05) is 6.07 Å². The molecule has 0 amide bonds. The summed E-state index contributed by atoms with van der Waals surface area (Å²) in [6, 6.07) is 3.91. The van der Waals surface area contributed by atoms with Crippen LogP contribution in [0.25, 0.3) is 0 Å². The lowest BCUT2D eigenvalue weighted by Gasteiger charge is -2.09. The van der Waals surface area contributed by atoms with Crippen molar-refractivity contribution < 1.29 is 4.74 Å². The predicted octanol–water partition coefficient (Wildman–Crippen LogP) is 1.92. The molecule has 12 heavy (non-hydrogen) atoms. The number of thiol groups is 1. The smallest absolute Gasteiger partial charge is 0.0735 e. The third kappa shape index (κ3) is 3.24. The third-order valence-electron chi connectivity index (χ3n) is 1.51. The van der Waals surface area contributed by atoms with Crippen LogP contribution >= 0.6 is 12.6 Å². The molecule has 0 fully saturated rings. The highest BCUT2D eigenvalue weighted by Crippen LogP contribution is 2.02. The van der Waals surface area contributed by atoms with E-state index in [2.05, 4.69) is 17.6 Å². The fourth-order valence-electron chi connectivity index (χ4n) is 0.775. The van der Waals surface area contributed by atoms with E-state index in [9.17, 15) is 0 Å². The molecule has 1 heterocycles. The molecular formula is C9H13NOS. The molecule has 2 nitrogen and oxygen atoms in total. The maximum atomic E-state index is 5.46. The van der Waals surface area contributed by atoms with Gasteiger partial charge >= 0.3 is 0 Å². The molecule has 0 aromatic carbocycles. The molecule has 66 valence electrons. The van der Waals surface area contributed by atoms with Gasteiger partial charge in [0.05, 0.1) is 12.7 Å². The van der Waals surface area contributed by atoms with Crippen molar-refractivity contribution in [3.63, 3.8) is 0 Å². The molecule has 3 heteroatoms. The molecule has 0 N–H and O–H groups in total. The summed E-state index contributed by atoms with van der Waals surface area (Å²) in [6.07, 6.45) is 3.77. The van der Waals surface area contributed by atoms with Crippen LogP contribution in [0.5, 0.6) is 0 Å². The zero-order chi connectivity index (χ0) is 8.81. The van der Waals surface area contributed by atoms with Crippen molar-refractivity contribution in [2.24, 2.45) is 0 Å². The highest BCUT2D eigenvalue weighted by atomic mass is 32.1. The number of rotatable bonds is 4. The zero-order valence-electron chi connectivity index (χ0n) is 7.10. The summed E-state index contributed by atoms with van der Waals surface area (Å²) < 4.78 is 5.46. The average Bonchev–Trinajstić information content (AvgIpc) is 2.16. The average molecular weight is 183 g/mol. The number of aromatic nitrogens is 1. The number of nitrogens with zero attached hydrogens (tertiary/aromatic N) is 1. The van der Waals surface area contributed by atoms with Crippen molar-refractivity contribution in [3.8, 4) is 0 Å². The Balaban J connectivity index is 2.33. The Morgan fingerprint density at radius 1 is 1.67 bits per heavy atom. The number of hydrogen-bond donors (Lipinski definition) is 1. The van der Waals surface area contributed by atoms with Gasteiger partial charge in [-0.3, -0.25) is 4.98 Å². The summed E-state index contributed by atoms with van der Waals surface area (Å²) in [6.45, 7) is 2.62. The molecule has 1 aromatic heterocycles. The third-order valence-corrected chi connectivity index (χ3v) is 2.03. The first kappa shape index (κ1) is 9.55. The molecule has 0 aliphatic carbocycles. The van der Waals surface area contributed by atoms with Crippen LogP contribution < -0.4 is 0 Å². The van der Waals surface area contributed by atoms with Crippen molar-refractivity contribution in [1.82, 2.24) is 4.98 Å². The van der Waals surface area contributed by atoms with Gasteiger partial charge in [0.25, 0.3) is 0 Å². The van der Waals surface area contributed by atoms with Crippen molar-refractivity contribution in [3.05, 3.63) is 30.1 Å². The van der Waals surface area contributed by atoms with E-state index in [1.54, 1.807) is 6.20 Å². The molecule has 0 aliphatic heterocycles. The number of pyridine rings is 1. The lowest BCUT2D eigenvalue weighted by Crippen LogP contribution is -2.09. The lowest BCUT2D eigenvalue weighted by atomic mass is 10.3. The molecule has 1 atom stereocenters. The molecule has 1 rings (SSSR count). The summed E-state index contributed by atoms with van der Waals surface area (Å²) in [7, 11) is 0. The van der Waals surface area contributed by atoms with Crippen LogP contribution in [0.3, 0.4) is 0 Å². The SMILES string of the molecule is CC(CS)OCc1cccnc1. The monoisotopic (exact) mass is 183 g/mol. The maximum Gasteiger partial charge on any atom is 0.0735 e. The molecule has 0 saturated heterocycles. The Hall–Kier alpha value is -0.540. The first-order chi connectivity index (χ1) is 5.83. The number of hydrogen-bond acceptors (Lipinski definition) is 3. The van der Waals surface area contributed by atoms with E-state index in [0.717, 1.165) is 11.3 Å². The predicted molar refractivity (Wildman–Crippen MR) is 52.3 cm³/mol. The minimum atomic E-state index is 0.202. The van der Waals surface area contributed by atoms with Crippen molar-refractivity contribution >= 4 is 12.6 Å². The lowest BCUT2D eigenvalue weighted by molar-refractivity contribution is 0.0688. The topological polar surface area (TPSA) is 22.1 Å². The van der Waals surface area contributed by atoms with Gasteiger partial charge in [-0.2, -0.15) is 12.6 Å². The van der Waals surface area contributed by atoms with Crippen LogP contribution in [-0.2, 0) is 11.3 Å². The summed E-state index contributed by atoms with van der Waals surface area (Å²) in [5.41, 5.74) is 1.10. The summed E-state index contributed by atoms with van der Waals surface area (Å²) in [5.74, 6) is 0.750. The van der Waals surface area contributed by atoms with E-state index in [-0.39, 0.29) is 6.10 Å². The Kier molecular flexibility index (Phi) is 4.11. The summed E-state index contributed by atoms with van der Waals surface area (Å²) >= 11 is 4.12. The number of ether oxygens (including phenoxy) is 1. The van der Waals surface area contributed by atoms with Crippen molar-refractivity contribution in [1.29, 1.82) is 0 Å². The molecule has 0 aliphatic rings. The molecule has 0 bridgehead atoms. The Morgan fingerprint density at radius 3 is 3.08 bits per heavy atom. The Labute approximate surface area is 78.4 Å². The molecular weight excluding hydrogens is 170 g/mol. The van der Waals surface area contributed by atoms with E-state index in [4.69, 9.17) is 4.74 Å². The van der Waals surface area contributed by atoms with E-state index in [1.807, 2.05) is 25.3 Å². The highest BCUT2D eigenvalue weighted by Gasteiger charge is 1.98. The second kappa shape index (κ2) is 5.17. The van der Waals surface area contributed by atoms with Gasteiger partial charge in [0.2, 0.25) is 0 Å². The second-order valence-electron chi connectivity index (χ2n) is 2.67. The summed E-state index contributed by atoms with van der Waals surface area (Å²) in [5, 5.41) is 0. The quantitative estimate of drug-likeness (QED) is 0.720. The van der Waals surface area contributed by atoms with Crippen LogP contribution in [0.15, 0.2) is 24.5 Å². The molecule has 0 spiro atoms. The fourth-order valence-corrected chi connectivity index (χ4v) is 0.880. The van der Waals surface area contributed by atoms with E-state index in [1.165, 1.54) is 0 Å². The first-order valence-corrected chi connectivity index (χ1v) is 4.57. The largest absolute Gasteiger partial charge is 0.373 e. The standard InChI is InChI=1S/C9H13NOS/c1-8(7-12)11-6-9-3-2-4-10-5-9/h2-5,8,12H,6-7H2,1H3. The minimum absolute atomic E-state index is 0.202. The molecule has 1 unspecified atom stereocenters. The van der Waals surface area contributed by atoms with Crippen LogP contribution in [0, 0.1) is 0 Å². The van der Waals surface area contributed by atoms with Crippen molar-refractivity contribution in [2.45, 2.75) is 19.6 Å². The van der Waals surface area contributed by atoms with Crippen LogP contribution in [0.2, 0.25) is 0 Å². The van der Waals surface area contributed by atoms with E-state index in [0.29, 0.717) is 6.61 Å². The van der Waals surface area contributed by atoms with Crippen molar-refractivity contribution in [2.75, 3.05) is 5.75 Å².